The van der Waals surface area contributed by atoms with Crippen LogP contribution in [0.5, 0.6) is 5.75 Å². The fraction of sp³-hybridized carbons (Fsp3) is 0.364. The Kier molecular flexibility index (Phi) is 6.75. The van der Waals surface area contributed by atoms with Gasteiger partial charge in [-0.25, -0.2) is 18.4 Å². The normalized spacial score (nSPS) is 22.1. The molecule has 2 saturated heterocycles. The van der Waals surface area contributed by atoms with Crippen molar-refractivity contribution in [2.24, 2.45) is 17.0 Å². The third-order valence-corrected chi connectivity index (χ3v) is 6.98. The van der Waals surface area contributed by atoms with E-state index in [0.717, 1.165) is 12.1 Å². The van der Waals surface area contributed by atoms with Crippen molar-refractivity contribution in [1.29, 1.82) is 0 Å². The number of nitrogens with zero attached hydrogens (tertiary/aromatic N) is 1. The number of ether oxygens (including phenoxy) is 2. The van der Waals surface area contributed by atoms with Crippen LogP contribution < -0.4 is 15.2 Å². The molecule has 2 aliphatic heterocycles. The second-order valence-corrected chi connectivity index (χ2v) is 9.92. The van der Waals surface area contributed by atoms with Crippen LogP contribution in [0.4, 0.5) is 18.0 Å². The predicted octanol–water partition coefficient (Wildman–Crippen LogP) is 2.27. The van der Waals surface area contributed by atoms with Crippen LogP contribution in [0.1, 0.15) is 15.9 Å². The SMILES string of the molecule is NS(=O)(=O)c1ccc(C(=O)C2C3CNCC3CN2C(=O)OCc2ccc(OC(F)(F)F)cc2)cc1. The van der Waals surface area contributed by atoms with E-state index < -0.39 is 34.3 Å². The molecule has 0 radical (unpaired) electrons. The van der Waals surface area contributed by atoms with E-state index in [-0.39, 0.29) is 34.7 Å². The predicted molar refractivity (Wildman–Crippen MR) is 116 cm³/mol. The van der Waals surface area contributed by atoms with Crippen LogP contribution in [0.2, 0.25) is 0 Å². The first-order valence-corrected chi connectivity index (χ1v) is 12.1. The average Bonchev–Trinajstić information content (AvgIpc) is 3.38. The highest BCUT2D eigenvalue weighted by molar-refractivity contribution is 7.89. The molecule has 2 fully saturated rings. The van der Waals surface area contributed by atoms with Crippen LogP contribution in [0.15, 0.2) is 53.4 Å². The number of hydrogen-bond donors (Lipinski definition) is 2. The Bertz CT molecular complexity index is 1200. The van der Waals surface area contributed by atoms with Crippen LogP contribution in [0.3, 0.4) is 0 Å². The van der Waals surface area contributed by atoms with E-state index in [1.165, 1.54) is 41.3 Å². The molecule has 0 aliphatic carbocycles. The Morgan fingerprint density at radius 1 is 1.06 bits per heavy atom. The summed E-state index contributed by atoms with van der Waals surface area (Å²) in [6, 6.07) is 9.26. The number of alkyl halides is 3. The highest BCUT2D eigenvalue weighted by Gasteiger charge is 2.50. The van der Waals surface area contributed by atoms with E-state index in [9.17, 15) is 31.2 Å². The van der Waals surface area contributed by atoms with Crippen LogP contribution >= 0.6 is 0 Å². The third-order valence-electron chi connectivity index (χ3n) is 6.05. The number of halogens is 3. The van der Waals surface area contributed by atoms with Gasteiger partial charge in [0.2, 0.25) is 10.0 Å². The molecule has 1 amide bonds. The van der Waals surface area contributed by atoms with E-state index in [1.54, 1.807) is 0 Å². The van der Waals surface area contributed by atoms with Gasteiger partial charge in [0.05, 0.1) is 4.90 Å². The molecule has 35 heavy (non-hydrogen) atoms. The molecule has 2 heterocycles. The van der Waals surface area contributed by atoms with Gasteiger partial charge in [-0.1, -0.05) is 12.1 Å². The zero-order valence-electron chi connectivity index (χ0n) is 18.2. The highest BCUT2D eigenvalue weighted by Crippen LogP contribution is 2.35. The quantitative estimate of drug-likeness (QED) is 0.567. The molecular weight excluding hydrogens is 491 g/mol. The number of amides is 1. The molecule has 3 unspecified atom stereocenters. The van der Waals surface area contributed by atoms with Crippen molar-refractivity contribution < 1.29 is 40.7 Å². The van der Waals surface area contributed by atoms with Crippen LogP contribution in [0.25, 0.3) is 0 Å². The van der Waals surface area contributed by atoms with Gasteiger partial charge in [0, 0.05) is 31.1 Å². The number of nitrogens with two attached hydrogens (primary N) is 1. The molecule has 0 spiro atoms. The van der Waals surface area contributed by atoms with E-state index >= 15 is 0 Å². The summed E-state index contributed by atoms with van der Waals surface area (Å²) >= 11 is 0. The molecule has 9 nitrogen and oxygen atoms in total. The molecule has 2 aliphatic rings. The minimum atomic E-state index is -4.81. The summed E-state index contributed by atoms with van der Waals surface area (Å²) in [5.74, 6) is -0.856. The van der Waals surface area contributed by atoms with Crippen molar-refractivity contribution >= 4 is 21.9 Å². The number of primary sulfonamides is 1. The van der Waals surface area contributed by atoms with Crippen molar-refractivity contribution in [3.05, 3.63) is 59.7 Å². The lowest BCUT2D eigenvalue weighted by Crippen LogP contribution is -2.45. The van der Waals surface area contributed by atoms with Gasteiger partial charge in [-0.15, -0.1) is 13.2 Å². The number of carbonyl (C=O) groups is 2. The summed E-state index contributed by atoms with van der Waals surface area (Å²) in [4.78, 5) is 27.4. The summed E-state index contributed by atoms with van der Waals surface area (Å²) in [5.41, 5.74) is 0.670. The monoisotopic (exact) mass is 513 g/mol. The fourth-order valence-electron chi connectivity index (χ4n) is 4.44. The molecular formula is C22H22F3N3O6S. The molecule has 4 rings (SSSR count). The number of benzene rings is 2. The second kappa shape index (κ2) is 9.47. The minimum Gasteiger partial charge on any atom is -0.445 e. The lowest BCUT2D eigenvalue weighted by Gasteiger charge is -2.26. The number of ketones is 1. The number of rotatable bonds is 6. The van der Waals surface area contributed by atoms with Crippen molar-refractivity contribution in [3.8, 4) is 5.75 Å². The number of sulfonamides is 1. The first-order chi connectivity index (χ1) is 16.4. The standard InChI is InChI=1S/C22H22F3N3O6S/c23-22(24,25)34-16-5-1-13(2-6-16)12-33-21(30)28-11-15-9-27-10-18(15)19(28)20(29)14-3-7-17(8-4-14)35(26,31)32/h1-8,15,18-19,27H,9-12H2,(H2,26,31,32). The molecule has 0 saturated carbocycles. The zero-order chi connectivity index (χ0) is 25.4. The maximum atomic E-state index is 13.3. The molecule has 0 aromatic heterocycles. The zero-order valence-corrected chi connectivity index (χ0v) is 19.0. The van der Waals surface area contributed by atoms with Gasteiger partial charge in [0.25, 0.3) is 0 Å². The van der Waals surface area contributed by atoms with Crippen molar-refractivity contribution in [3.63, 3.8) is 0 Å². The van der Waals surface area contributed by atoms with E-state index in [2.05, 4.69) is 10.1 Å². The number of fused-ring (bicyclic) bond motifs is 1. The van der Waals surface area contributed by atoms with Crippen molar-refractivity contribution in [2.45, 2.75) is 23.9 Å². The average molecular weight is 513 g/mol. The van der Waals surface area contributed by atoms with E-state index in [4.69, 9.17) is 9.88 Å². The Hall–Kier alpha value is -3.16. The largest absolute Gasteiger partial charge is 0.573 e. The second-order valence-electron chi connectivity index (χ2n) is 8.36. The van der Waals surface area contributed by atoms with Crippen molar-refractivity contribution in [2.75, 3.05) is 19.6 Å². The molecule has 3 N–H and O–H groups in total. The number of carbonyl (C=O) groups excluding carboxylic acids is 2. The van der Waals surface area contributed by atoms with Gasteiger partial charge >= 0.3 is 12.5 Å². The number of Topliss-reactive ketones (excluding diaryl/α,β-unsaturated/α-hetero) is 1. The van der Waals surface area contributed by atoms with Crippen LogP contribution in [-0.4, -0.2) is 57.2 Å². The molecule has 13 heteroatoms. The summed E-state index contributed by atoms with van der Waals surface area (Å²) in [7, 11) is -3.92. The summed E-state index contributed by atoms with van der Waals surface area (Å²) < 4.78 is 69.0. The molecule has 3 atom stereocenters. The third kappa shape index (κ3) is 5.74. The van der Waals surface area contributed by atoms with Gasteiger partial charge in [0.1, 0.15) is 18.4 Å². The minimum absolute atomic E-state index is 0.0407. The Morgan fingerprint density at radius 3 is 2.31 bits per heavy atom. The van der Waals surface area contributed by atoms with Crippen molar-refractivity contribution in [1.82, 2.24) is 10.2 Å². The van der Waals surface area contributed by atoms with E-state index in [0.29, 0.717) is 25.2 Å². The molecule has 2 aromatic carbocycles. The van der Waals surface area contributed by atoms with Crippen LogP contribution in [-0.2, 0) is 21.4 Å². The van der Waals surface area contributed by atoms with Gasteiger partial charge in [0.15, 0.2) is 5.78 Å². The summed E-state index contributed by atoms with van der Waals surface area (Å²) in [6.45, 7) is 1.24. The van der Waals surface area contributed by atoms with Gasteiger partial charge < -0.3 is 14.8 Å². The molecule has 0 bridgehead atoms. The number of likely N-dealkylation sites (tertiary alicyclic amines) is 1. The first-order valence-electron chi connectivity index (χ1n) is 10.6. The molecule has 188 valence electrons. The van der Waals surface area contributed by atoms with Gasteiger partial charge in [-0.2, -0.15) is 0 Å². The Morgan fingerprint density at radius 2 is 1.71 bits per heavy atom. The number of nitrogens with one attached hydrogen (secondary N) is 1. The van der Waals surface area contributed by atoms with Gasteiger partial charge in [-0.3, -0.25) is 9.69 Å². The van der Waals surface area contributed by atoms with Gasteiger partial charge in [-0.05, 0) is 47.9 Å². The van der Waals surface area contributed by atoms with E-state index in [1.807, 2.05) is 0 Å². The first kappa shape index (κ1) is 24.9. The molecule has 2 aromatic rings. The lowest BCUT2D eigenvalue weighted by atomic mass is 9.89. The maximum absolute atomic E-state index is 13.3. The summed E-state index contributed by atoms with van der Waals surface area (Å²) in [5, 5.41) is 8.32. The maximum Gasteiger partial charge on any atom is 0.573 e. The number of hydrogen-bond acceptors (Lipinski definition) is 7. The smallest absolute Gasteiger partial charge is 0.445 e. The highest BCUT2D eigenvalue weighted by atomic mass is 32.2. The van der Waals surface area contributed by atoms with Crippen LogP contribution in [0, 0.1) is 11.8 Å². The summed E-state index contributed by atoms with van der Waals surface area (Å²) in [6.07, 6.45) is -5.54. The Balaban J connectivity index is 1.46. The Labute approximate surface area is 199 Å². The fourth-order valence-corrected chi connectivity index (χ4v) is 4.95. The lowest BCUT2D eigenvalue weighted by molar-refractivity contribution is -0.274. The topological polar surface area (TPSA) is 128 Å².